The number of aromatic nitrogens is 1. The van der Waals surface area contributed by atoms with Gasteiger partial charge in [0.25, 0.3) is 5.69 Å². The van der Waals surface area contributed by atoms with Crippen LogP contribution >= 0.6 is 15.9 Å². The molecule has 0 radical (unpaired) electrons. The van der Waals surface area contributed by atoms with Crippen LogP contribution in [0.4, 0.5) is 0 Å². The Morgan fingerprint density at radius 3 is 2.72 bits per heavy atom. The summed E-state index contributed by atoms with van der Waals surface area (Å²) in [4.78, 5) is 0. The van der Waals surface area contributed by atoms with Crippen molar-refractivity contribution in [2.75, 3.05) is 0 Å². The number of aryl methyl sites for hydroxylation is 1. The molecule has 1 atom stereocenters. The number of nitrogens with zero attached hydrogens (tertiary/aromatic N) is 1. The van der Waals surface area contributed by atoms with E-state index in [1.54, 1.807) is 6.20 Å². The van der Waals surface area contributed by atoms with E-state index in [9.17, 15) is 10.3 Å². The van der Waals surface area contributed by atoms with Crippen molar-refractivity contribution < 1.29 is 15.0 Å². The molecule has 4 heteroatoms. The van der Waals surface area contributed by atoms with Crippen LogP contribution in [0.1, 0.15) is 37.6 Å². The number of fused-ring (bicyclic) bond motifs is 1. The number of halogens is 1. The summed E-state index contributed by atoms with van der Waals surface area (Å²) in [5.74, 6) is 0. The zero-order chi connectivity index (χ0) is 13.0. The zero-order valence-corrected chi connectivity index (χ0v) is 12.0. The normalized spacial score (nSPS) is 22.3. The van der Waals surface area contributed by atoms with Crippen LogP contribution in [-0.2, 0) is 6.42 Å². The number of aliphatic hydroxyl groups excluding tert-OH is 1. The van der Waals surface area contributed by atoms with Gasteiger partial charge in [0.05, 0.1) is 4.47 Å². The van der Waals surface area contributed by atoms with Gasteiger partial charge in [0.2, 0.25) is 6.20 Å². The average Bonchev–Trinajstić information content (AvgIpc) is 2.43. The van der Waals surface area contributed by atoms with Crippen molar-refractivity contribution in [3.8, 4) is 0 Å². The van der Waals surface area contributed by atoms with Crippen LogP contribution < -0.4 is 4.73 Å². The van der Waals surface area contributed by atoms with Crippen molar-refractivity contribution in [2.24, 2.45) is 0 Å². The van der Waals surface area contributed by atoms with Crippen molar-refractivity contribution >= 4 is 15.9 Å². The SMILES string of the molecule is CC1=C(C)C2=C1CCc1cc(Br)c[n+](O)c1C2O. The van der Waals surface area contributed by atoms with Crippen LogP contribution in [0.2, 0.25) is 0 Å². The van der Waals surface area contributed by atoms with Crippen LogP contribution in [-0.4, -0.2) is 10.3 Å². The van der Waals surface area contributed by atoms with Gasteiger partial charge in [-0.2, -0.15) is 0 Å². The van der Waals surface area contributed by atoms with Crippen molar-refractivity contribution in [3.63, 3.8) is 0 Å². The molecule has 0 bridgehead atoms. The number of aliphatic hydroxyl groups is 1. The molecule has 2 N–H and O–H groups in total. The molecule has 0 fully saturated rings. The number of rotatable bonds is 0. The van der Waals surface area contributed by atoms with E-state index in [0.29, 0.717) is 5.69 Å². The Hall–Kier alpha value is -1.13. The Morgan fingerprint density at radius 2 is 2.00 bits per heavy atom. The third kappa shape index (κ3) is 1.49. The summed E-state index contributed by atoms with van der Waals surface area (Å²) in [5, 5.41) is 20.5. The molecule has 2 aliphatic rings. The maximum Gasteiger partial charge on any atom is 0.270 e. The van der Waals surface area contributed by atoms with Crippen molar-refractivity contribution in [3.05, 3.63) is 50.3 Å². The molecule has 94 valence electrons. The maximum absolute atomic E-state index is 10.5. The van der Waals surface area contributed by atoms with Gasteiger partial charge in [-0.1, -0.05) is 0 Å². The molecule has 3 rings (SSSR count). The number of hydrogen-bond acceptors (Lipinski definition) is 2. The first-order valence-electron chi connectivity index (χ1n) is 6.03. The van der Waals surface area contributed by atoms with Crippen molar-refractivity contribution in [2.45, 2.75) is 32.8 Å². The van der Waals surface area contributed by atoms with E-state index in [0.717, 1.165) is 38.8 Å². The quantitative estimate of drug-likeness (QED) is 0.571. The highest BCUT2D eigenvalue weighted by Crippen LogP contribution is 2.46. The second-order valence-electron chi connectivity index (χ2n) is 4.96. The fourth-order valence-corrected chi connectivity index (χ4v) is 3.47. The van der Waals surface area contributed by atoms with Gasteiger partial charge in [-0.25, -0.2) is 0 Å². The molecule has 0 saturated heterocycles. The smallest absolute Gasteiger partial charge is 0.270 e. The molecule has 1 aromatic rings. The summed E-state index contributed by atoms with van der Waals surface area (Å²) in [7, 11) is 0. The van der Waals surface area contributed by atoms with Crippen LogP contribution in [0.5, 0.6) is 0 Å². The minimum atomic E-state index is -0.723. The van der Waals surface area contributed by atoms with Gasteiger partial charge in [0, 0.05) is 10.3 Å². The molecule has 18 heavy (non-hydrogen) atoms. The maximum atomic E-state index is 10.5. The van der Waals surface area contributed by atoms with Crippen LogP contribution in [0.15, 0.2) is 39.0 Å². The lowest BCUT2D eigenvalue weighted by Gasteiger charge is -2.28. The molecule has 2 aliphatic carbocycles. The number of pyridine rings is 1. The summed E-state index contributed by atoms with van der Waals surface area (Å²) >= 11 is 3.37. The Kier molecular flexibility index (Phi) is 2.61. The third-order valence-corrected chi connectivity index (χ3v) is 4.49. The molecule has 1 unspecified atom stereocenters. The minimum absolute atomic E-state index is 0.593. The highest BCUT2D eigenvalue weighted by Gasteiger charge is 2.38. The van der Waals surface area contributed by atoms with Gasteiger partial charge in [0.15, 0.2) is 6.10 Å². The van der Waals surface area contributed by atoms with E-state index in [1.807, 2.05) is 13.0 Å². The molecule has 0 amide bonds. The number of allylic oxidation sites excluding steroid dienone is 2. The first-order valence-corrected chi connectivity index (χ1v) is 6.82. The second kappa shape index (κ2) is 3.93. The van der Waals surface area contributed by atoms with Gasteiger partial charge in [-0.05, 0) is 71.0 Å². The van der Waals surface area contributed by atoms with Crippen LogP contribution in [0.25, 0.3) is 0 Å². The van der Waals surface area contributed by atoms with Crippen molar-refractivity contribution in [1.29, 1.82) is 0 Å². The Bertz CT molecular complexity index is 616. The van der Waals surface area contributed by atoms with E-state index in [-0.39, 0.29) is 0 Å². The first kappa shape index (κ1) is 11.9. The zero-order valence-electron chi connectivity index (χ0n) is 10.4. The Labute approximate surface area is 114 Å². The third-order valence-electron chi connectivity index (χ3n) is 4.05. The molecule has 1 heterocycles. The summed E-state index contributed by atoms with van der Waals surface area (Å²) in [6, 6.07) is 1.97. The van der Waals surface area contributed by atoms with Gasteiger partial charge in [0.1, 0.15) is 0 Å². The van der Waals surface area contributed by atoms with E-state index < -0.39 is 6.10 Å². The Morgan fingerprint density at radius 1 is 1.28 bits per heavy atom. The Balaban J connectivity index is 2.14. The fraction of sp³-hybridized carbons (Fsp3) is 0.357. The van der Waals surface area contributed by atoms with Crippen molar-refractivity contribution in [1.82, 2.24) is 0 Å². The highest BCUT2D eigenvalue weighted by atomic mass is 79.9. The molecule has 0 spiro atoms. The standard InChI is InChI=1S/C14H15BrNO2/c1-7-8(2)12-11(7)4-3-9-5-10(15)6-16(18)13(9)14(12)17/h5-6,14,17-18H,3-4H2,1-2H3/q+1. The van der Waals surface area contributed by atoms with Crippen LogP contribution in [0, 0.1) is 0 Å². The monoisotopic (exact) mass is 308 g/mol. The highest BCUT2D eigenvalue weighted by molar-refractivity contribution is 9.10. The van der Waals surface area contributed by atoms with Gasteiger partial charge >= 0.3 is 0 Å². The van der Waals surface area contributed by atoms with Crippen LogP contribution in [0.3, 0.4) is 0 Å². The molecule has 1 aromatic heterocycles. The lowest BCUT2D eigenvalue weighted by atomic mass is 9.78. The lowest BCUT2D eigenvalue weighted by molar-refractivity contribution is -0.911. The van der Waals surface area contributed by atoms with E-state index >= 15 is 0 Å². The van der Waals surface area contributed by atoms with Gasteiger partial charge in [-0.15, -0.1) is 0 Å². The molecular weight excluding hydrogens is 294 g/mol. The summed E-state index contributed by atoms with van der Waals surface area (Å²) < 4.78 is 1.86. The van der Waals surface area contributed by atoms with Gasteiger partial charge < -0.3 is 5.11 Å². The number of hydrogen-bond donors (Lipinski definition) is 2. The van der Waals surface area contributed by atoms with Gasteiger partial charge in [-0.3, -0.25) is 5.21 Å². The lowest BCUT2D eigenvalue weighted by Crippen LogP contribution is -2.38. The predicted molar refractivity (Wildman–Crippen MR) is 70.2 cm³/mol. The molecule has 0 aliphatic heterocycles. The first-order chi connectivity index (χ1) is 8.50. The van der Waals surface area contributed by atoms with E-state index in [4.69, 9.17) is 0 Å². The molecule has 0 saturated carbocycles. The second-order valence-corrected chi connectivity index (χ2v) is 5.87. The molecule has 0 aromatic carbocycles. The summed E-state index contributed by atoms with van der Waals surface area (Å²) in [5.41, 5.74) is 6.29. The topological polar surface area (TPSA) is 44.3 Å². The fourth-order valence-electron chi connectivity index (χ4n) is 3.00. The minimum Gasteiger partial charge on any atom is -0.377 e. The van der Waals surface area contributed by atoms with E-state index in [1.165, 1.54) is 11.1 Å². The largest absolute Gasteiger partial charge is 0.377 e. The predicted octanol–water partition coefficient (Wildman–Crippen LogP) is 2.60. The molecular formula is C14H15BrNO2+. The summed E-state index contributed by atoms with van der Waals surface area (Å²) in [6.07, 6.45) is 2.62. The van der Waals surface area contributed by atoms with E-state index in [2.05, 4.69) is 22.9 Å². The average molecular weight is 309 g/mol. The molecule has 3 nitrogen and oxygen atoms in total. The summed E-state index contributed by atoms with van der Waals surface area (Å²) in [6.45, 7) is 4.13.